The highest BCUT2D eigenvalue weighted by Crippen LogP contribution is 2.23. The van der Waals surface area contributed by atoms with Crippen LogP contribution in [0.25, 0.3) is 0 Å². The second-order valence-electron chi connectivity index (χ2n) is 4.68. The second-order valence-corrected chi connectivity index (χ2v) is 6.70. The summed E-state index contributed by atoms with van der Waals surface area (Å²) in [5, 5.41) is 1.38. The standard InChI is InChI=1S/C10H10N2OS2.C6H8N2.FH/c1-7-9(13)12(11-10(14)15-7)8-5-3-2-4-6-8;7-8-6-4-2-1-3-5-6;/h2-7H,1H3,(H,11,14);1-5,8H,7H2;1H/p-1. The van der Waals surface area contributed by atoms with E-state index in [0.29, 0.717) is 4.32 Å². The number of hydrazine groups is 2. The third-order valence-corrected chi connectivity index (χ3v) is 4.25. The highest BCUT2D eigenvalue weighted by molar-refractivity contribution is 8.23. The molecule has 0 radical (unpaired) electrons. The smallest absolute Gasteiger partial charge is 0.258 e. The van der Waals surface area contributed by atoms with Gasteiger partial charge in [-0.3, -0.25) is 16.1 Å². The number of nitrogens with zero attached hydrogens (tertiary/aromatic N) is 1. The lowest BCUT2D eigenvalue weighted by molar-refractivity contribution is -0.118. The fourth-order valence-electron chi connectivity index (χ4n) is 1.87. The number of halogens is 1. The van der Waals surface area contributed by atoms with Crippen molar-refractivity contribution in [2.24, 2.45) is 5.84 Å². The molecule has 0 bridgehead atoms. The van der Waals surface area contributed by atoms with Gasteiger partial charge in [0.2, 0.25) is 0 Å². The molecule has 4 N–H and O–H groups in total. The monoisotopic (exact) mass is 365 g/mol. The van der Waals surface area contributed by atoms with Crippen LogP contribution in [0.3, 0.4) is 0 Å². The number of hydrogen-bond donors (Lipinski definition) is 3. The van der Waals surface area contributed by atoms with E-state index < -0.39 is 0 Å². The molecule has 1 heterocycles. The minimum atomic E-state index is -0.126. The molecule has 1 amide bonds. The van der Waals surface area contributed by atoms with Crippen LogP contribution in [0.5, 0.6) is 0 Å². The summed E-state index contributed by atoms with van der Waals surface area (Å²) in [6.45, 7) is 1.86. The van der Waals surface area contributed by atoms with Crippen LogP contribution in [-0.2, 0) is 4.79 Å². The normalized spacial score (nSPS) is 16.2. The molecule has 1 aliphatic heterocycles. The van der Waals surface area contributed by atoms with E-state index in [1.807, 2.05) is 67.6 Å². The van der Waals surface area contributed by atoms with Gasteiger partial charge in [-0.2, -0.15) is 0 Å². The van der Waals surface area contributed by atoms with Crippen molar-refractivity contribution in [2.75, 3.05) is 10.4 Å². The van der Waals surface area contributed by atoms with Crippen LogP contribution in [-0.4, -0.2) is 15.5 Å². The number of carbonyl (C=O) groups excluding carboxylic acids is 1. The molecule has 0 aliphatic carbocycles. The topological polar surface area (TPSA) is 70.4 Å². The maximum absolute atomic E-state index is 11.9. The van der Waals surface area contributed by atoms with E-state index in [0.717, 1.165) is 11.4 Å². The highest BCUT2D eigenvalue weighted by Gasteiger charge is 2.29. The van der Waals surface area contributed by atoms with Gasteiger partial charge in [-0.05, 0) is 31.2 Å². The zero-order valence-electron chi connectivity index (χ0n) is 13.0. The summed E-state index contributed by atoms with van der Waals surface area (Å²) in [5.74, 6) is 5.13. The van der Waals surface area contributed by atoms with Crippen molar-refractivity contribution in [1.29, 1.82) is 0 Å². The van der Waals surface area contributed by atoms with Crippen LogP contribution >= 0.6 is 24.0 Å². The van der Waals surface area contributed by atoms with Crippen LogP contribution in [0.1, 0.15) is 6.92 Å². The molecular weight excluding hydrogens is 347 g/mol. The van der Waals surface area contributed by atoms with Crippen molar-refractivity contribution in [3.63, 3.8) is 0 Å². The van der Waals surface area contributed by atoms with Gasteiger partial charge in [0.05, 0.1) is 10.9 Å². The van der Waals surface area contributed by atoms with Crippen LogP contribution in [0.2, 0.25) is 0 Å². The molecule has 0 saturated carbocycles. The maximum Gasteiger partial charge on any atom is 0.258 e. The maximum atomic E-state index is 11.9. The van der Waals surface area contributed by atoms with Crippen molar-refractivity contribution < 1.29 is 9.50 Å². The van der Waals surface area contributed by atoms with Gasteiger partial charge in [-0.1, -0.05) is 60.4 Å². The highest BCUT2D eigenvalue weighted by atomic mass is 32.2. The number of thiocarbonyl (C=S) groups is 1. The predicted molar refractivity (Wildman–Crippen MR) is 101 cm³/mol. The summed E-state index contributed by atoms with van der Waals surface area (Å²) in [6, 6.07) is 19.0. The average molecular weight is 365 g/mol. The van der Waals surface area contributed by atoms with E-state index in [1.54, 1.807) is 0 Å². The van der Waals surface area contributed by atoms with Crippen LogP contribution in [0, 0.1) is 0 Å². The Morgan fingerprint density at radius 3 is 2.17 bits per heavy atom. The molecule has 0 spiro atoms. The summed E-state index contributed by atoms with van der Waals surface area (Å²) in [5.41, 5.74) is 7.17. The van der Waals surface area contributed by atoms with Crippen LogP contribution < -0.4 is 26.4 Å². The van der Waals surface area contributed by atoms with Gasteiger partial charge in [-0.15, -0.1) is 0 Å². The van der Waals surface area contributed by atoms with Crippen molar-refractivity contribution in [2.45, 2.75) is 12.2 Å². The van der Waals surface area contributed by atoms with Gasteiger partial charge in [0.15, 0.2) is 4.32 Å². The van der Waals surface area contributed by atoms with Crippen LogP contribution in [0.4, 0.5) is 11.4 Å². The summed E-state index contributed by atoms with van der Waals surface area (Å²) in [4.78, 5) is 11.9. The Labute approximate surface area is 149 Å². The lowest BCUT2D eigenvalue weighted by atomic mass is 10.3. The van der Waals surface area contributed by atoms with Crippen LogP contribution in [0.15, 0.2) is 60.7 Å². The summed E-state index contributed by atoms with van der Waals surface area (Å²) >= 11 is 6.45. The minimum absolute atomic E-state index is 0. The summed E-state index contributed by atoms with van der Waals surface area (Å²) in [6.07, 6.45) is 0. The van der Waals surface area contributed by atoms with Crippen molar-refractivity contribution in [3.05, 3.63) is 60.7 Å². The Kier molecular flexibility index (Phi) is 8.17. The molecule has 128 valence electrons. The number of rotatable bonds is 2. The fourth-order valence-corrected chi connectivity index (χ4v) is 3.06. The predicted octanol–water partition coefficient (Wildman–Crippen LogP) is -0.0794. The van der Waals surface area contributed by atoms with E-state index in [2.05, 4.69) is 10.9 Å². The molecule has 3 rings (SSSR count). The number of amides is 1. The Morgan fingerprint density at radius 2 is 1.67 bits per heavy atom. The molecule has 1 atom stereocenters. The van der Waals surface area contributed by atoms with Gasteiger partial charge in [0, 0.05) is 5.69 Å². The molecule has 1 unspecified atom stereocenters. The van der Waals surface area contributed by atoms with Gasteiger partial charge in [0.1, 0.15) is 0 Å². The van der Waals surface area contributed by atoms with E-state index in [1.165, 1.54) is 16.8 Å². The first-order valence-electron chi connectivity index (χ1n) is 6.99. The number of nitrogens with one attached hydrogen (secondary N) is 2. The number of para-hydroxylation sites is 2. The average Bonchev–Trinajstić information content (AvgIpc) is 2.60. The second kappa shape index (κ2) is 9.86. The molecule has 24 heavy (non-hydrogen) atoms. The molecule has 5 nitrogen and oxygen atoms in total. The van der Waals surface area contributed by atoms with E-state index in [-0.39, 0.29) is 15.9 Å². The Balaban J connectivity index is 0.000000273. The van der Waals surface area contributed by atoms with Crippen molar-refractivity contribution in [3.8, 4) is 0 Å². The number of carbonyl (C=O) groups is 1. The molecule has 1 aliphatic rings. The molecule has 2 aromatic carbocycles. The van der Waals surface area contributed by atoms with E-state index >= 15 is 0 Å². The Bertz CT molecular complexity index is 658. The van der Waals surface area contributed by atoms with E-state index in [9.17, 15) is 4.79 Å². The summed E-state index contributed by atoms with van der Waals surface area (Å²) in [7, 11) is 0. The van der Waals surface area contributed by atoms with Crippen molar-refractivity contribution >= 4 is 45.6 Å². The van der Waals surface area contributed by atoms with Gasteiger partial charge < -0.3 is 10.1 Å². The molecule has 1 fully saturated rings. The fraction of sp³-hybridized carbons (Fsp3) is 0.125. The molecule has 0 aromatic heterocycles. The largest absolute Gasteiger partial charge is 1.00 e. The Morgan fingerprint density at radius 1 is 1.12 bits per heavy atom. The number of nitrogens with two attached hydrogens (primary N) is 1. The SMILES string of the molecule is CC1SC(=S)NN(c2ccccc2)C1=O.NNc1ccccc1.[F-]. The molecule has 8 heteroatoms. The molecule has 1 saturated heterocycles. The quantitative estimate of drug-likeness (QED) is 0.393. The van der Waals surface area contributed by atoms with Gasteiger partial charge in [-0.25, -0.2) is 5.01 Å². The third kappa shape index (κ3) is 5.48. The number of thioether (sulfide) groups is 1. The lowest BCUT2D eigenvalue weighted by Crippen LogP contribution is -3.00. The van der Waals surface area contributed by atoms with E-state index in [4.69, 9.17) is 18.1 Å². The first-order valence-corrected chi connectivity index (χ1v) is 8.28. The summed E-state index contributed by atoms with van der Waals surface area (Å²) < 4.78 is 0.631. The number of nitrogen functional groups attached to an aromatic ring is 1. The van der Waals surface area contributed by atoms with Gasteiger partial charge >= 0.3 is 0 Å². The van der Waals surface area contributed by atoms with Gasteiger partial charge in [0.25, 0.3) is 5.91 Å². The minimum Gasteiger partial charge on any atom is -1.00 e. The van der Waals surface area contributed by atoms with Crippen molar-refractivity contribution in [1.82, 2.24) is 5.43 Å². The zero-order valence-corrected chi connectivity index (χ0v) is 14.6. The molecular formula is C16H18FN4OS2-. The number of hydrogen-bond acceptors (Lipinski definition) is 5. The first-order chi connectivity index (χ1) is 11.1. The number of benzene rings is 2. The lowest BCUT2D eigenvalue weighted by Gasteiger charge is -2.31. The first kappa shape index (κ1) is 19.9. The Hall–Kier alpha value is -2.16. The zero-order chi connectivity index (χ0) is 16.7. The number of anilines is 2. The molecule has 2 aromatic rings. The third-order valence-electron chi connectivity index (χ3n) is 3.01.